The molecule has 3 rings (SSSR count). The summed E-state index contributed by atoms with van der Waals surface area (Å²) in [7, 11) is 1.47. The minimum Gasteiger partial charge on any atom is -0.495 e. The average Bonchev–Trinajstić information content (AvgIpc) is 3.20. The number of halogens is 3. The second-order valence-electron chi connectivity index (χ2n) is 6.87. The number of alkyl halides is 3. The fraction of sp³-hybridized carbons (Fsp3) is 0.143. The van der Waals surface area contributed by atoms with Crippen molar-refractivity contribution in [2.75, 3.05) is 23.1 Å². The van der Waals surface area contributed by atoms with E-state index in [0.717, 1.165) is 6.20 Å². The number of amides is 3. The lowest BCUT2D eigenvalue weighted by molar-refractivity contribution is -0.201. The molecular weight excluding hydrogens is 473 g/mol. The Hall–Kier alpha value is -4.75. The second kappa shape index (κ2) is 10.5. The number of hydrogen-bond donors (Lipinski definition) is 4. The van der Waals surface area contributed by atoms with Gasteiger partial charge in [0.25, 0.3) is 5.91 Å². The Kier molecular flexibility index (Phi) is 7.43. The highest BCUT2D eigenvalue weighted by Gasteiger charge is 2.42. The third kappa shape index (κ3) is 6.63. The summed E-state index contributed by atoms with van der Waals surface area (Å²) in [4.78, 5) is 39.2. The molecule has 0 unspecified atom stereocenters. The molecule has 0 aliphatic heterocycles. The maximum Gasteiger partial charge on any atom is 0.493 e. The molecule has 0 fully saturated rings. The van der Waals surface area contributed by atoms with E-state index in [1.54, 1.807) is 48.5 Å². The Labute approximate surface area is 195 Å². The number of methoxy groups -OCH3 is 1. The first-order valence-corrected chi connectivity index (χ1v) is 9.79. The molecule has 14 heteroatoms. The Morgan fingerprint density at radius 3 is 2.49 bits per heavy atom. The lowest BCUT2D eigenvalue weighted by Crippen LogP contribution is -2.33. The van der Waals surface area contributed by atoms with Crippen LogP contribution in [0.5, 0.6) is 5.75 Å². The smallest absolute Gasteiger partial charge is 0.493 e. The van der Waals surface area contributed by atoms with Crippen LogP contribution in [0.25, 0.3) is 0 Å². The quantitative estimate of drug-likeness (QED) is 0.378. The molecule has 0 aliphatic rings. The zero-order valence-electron chi connectivity index (χ0n) is 18.1. The van der Waals surface area contributed by atoms with Crippen molar-refractivity contribution in [1.29, 1.82) is 0 Å². The lowest BCUT2D eigenvalue weighted by atomic mass is 10.2. The van der Waals surface area contributed by atoms with Crippen LogP contribution in [0.3, 0.4) is 0 Å². The van der Waals surface area contributed by atoms with E-state index < -0.39 is 29.8 Å². The molecule has 5 N–H and O–H groups in total. The molecule has 3 amide bonds. The number of anilines is 3. The van der Waals surface area contributed by atoms with Gasteiger partial charge in [0.15, 0.2) is 5.69 Å². The molecule has 0 saturated carbocycles. The Balaban J connectivity index is 1.66. The van der Waals surface area contributed by atoms with Crippen molar-refractivity contribution in [3.63, 3.8) is 0 Å². The van der Waals surface area contributed by atoms with Gasteiger partial charge in [0, 0.05) is 12.2 Å². The van der Waals surface area contributed by atoms with E-state index in [1.165, 1.54) is 7.11 Å². The first kappa shape index (κ1) is 24.9. The number of carbonyl (C=O) groups excluding carboxylic acids is 3. The monoisotopic (exact) mass is 492 g/mol. The van der Waals surface area contributed by atoms with Crippen molar-refractivity contribution in [2.45, 2.75) is 12.7 Å². The maximum absolute atomic E-state index is 12.4. The number of ether oxygens (including phenoxy) is 1. The van der Waals surface area contributed by atoms with Crippen LogP contribution in [0.15, 0.2) is 54.7 Å². The minimum absolute atomic E-state index is 0.0584. The zero-order chi connectivity index (χ0) is 25.6. The van der Waals surface area contributed by atoms with E-state index in [4.69, 9.17) is 10.5 Å². The van der Waals surface area contributed by atoms with Gasteiger partial charge in [0.05, 0.1) is 24.7 Å². The van der Waals surface area contributed by atoms with Gasteiger partial charge < -0.3 is 31.3 Å². The fourth-order valence-corrected chi connectivity index (χ4v) is 2.84. The molecule has 3 aromatic rings. The van der Waals surface area contributed by atoms with Crippen molar-refractivity contribution < 1.29 is 37.1 Å². The Bertz CT molecular complexity index is 1240. The van der Waals surface area contributed by atoms with Crippen LogP contribution >= 0.6 is 0 Å². The number of aromatic nitrogens is 2. The summed E-state index contributed by atoms with van der Waals surface area (Å²) in [5.41, 5.74) is 6.20. The molecule has 0 bridgehead atoms. The van der Waals surface area contributed by atoms with Crippen molar-refractivity contribution in [3.8, 4) is 5.75 Å². The average molecular weight is 492 g/mol. The standard InChI is InChI=1S/C21H19F3N6O5/c1-34-16-8-3-2-7-14(16)28-20(33)27-13-6-4-5-12(9-13)10-26-15-11-30(29-17(15)18(25)31)35-19(32)21(22,23)24/h2-9,11,26H,10H2,1H3,(H2,25,31)(H2,27,28,33). The highest BCUT2D eigenvalue weighted by molar-refractivity contribution is 6.00. The van der Waals surface area contributed by atoms with E-state index >= 15 is 0 Å². The second-order valence-corrected chi connectivity index (χ2v) is 6.87. The van der Waals surface area contributed by atoms with E-state index in [9.17, 15) is 27.6 Å². The number of nitrogens with one attached hydrogen (secondary N) is 3. The van der Waals surface area contributed by atoms with Crippen molar-refractivity contribution in [1.82, 2.24) is 9.94 Å². The van der Waals surface area contributed by atoms with Crippen LogP contribution in [-0.2, 0) is 11.3 Å². The molecule has 0 saturated heterocycles. The largest absolute Gasteiger partial charge is 0.495 e. The Morgan fingerprint density at radius 1 is 1.06 bits per heavy atom. The summed E-state index contributed by atoms with van der Waals surface area (Å²) >= 11 is 0. The number of primary amides is 1. The van der Waals surface area contributed by atoms with Crippen LogP contribution in [0.2, 0.25) is 0 Å². The van der Waals surface area contributed by atoms with Crippen molar-refractivity contribution >= 4 is 35.0 Å². The van der Waals surface area contributed by atoms with Gasteiger partial charge in [-0.25, -0.2) is 9.59 Å². The number of carbonyl (C=O) groups is 3. The van der Waals surface area contributed by atoms with Crippen molar-refractivity contribution in [3.05, 3.63) is 66.0 Å². The van der Waals surface area contributed by atoms with E-state index in [-0.39, 0.29) is 17.1 Å². The van der Waals surface area contributed by atoms with Gasteiger partial charge in [0.2, 0.25) is 0 Å². The molecule has 0 radical (unpaired) electrons. The highest BCUT2D eigenvalue weighted by Crippen LogP contribution is 2.23. The first-order valence-electron chi connectivity index (χ1n) is 9.79. The third-order valence-corrected chi connectivity index (χ3v) is 4.36. The van der Waals surface area contributed by atoms with Crippen LogP contribution < -0.4 is 31.3 Å². The van der Waals surface area contributed by atoms with Gasteiger partial charge >= 0.3 is 18.2 Å². The summed E-state index contributed by atoms with van der Waals surface area (Å²) in [5.74, 6) is -3.10. The topological polar surface area (TPSA) is 150 Å². The SMILES string of the molecule is COc1ccccc1NC(=O)Nc1cccc(CNc2cn(OC(=O)C(F)(F)F)nc2C(N)=O)c1. The third-order valence-electron chi connectivity index (χ3n) is 4.36. The summed E-state index contributed by atoms with van der Waals surface area (Å²) in [6.45, 7) is 0.0584. The van der Waals surface area contributed by atoms with Gasteiger partial charge in [-0.05, 0) is 29.8 Å². The maximum atomic E-state index is 12.4. The molecule has 11 nitrogen and oxygen atoms in total. The zero-order valence-corrected chi connectivity index (χ0v) is 18.1. The molecule has 2 aromatic carbocycles. The number of rotatable bonds is 8. The number of nitrogens with zero attached hydrogens (tertiary/aromatic N) is 2. The molecule has 184 valence electrons. The molecule has 0 atom stereocenters. The fourth-order valence-electron chi connectivity index (χ4n) is 2.84. The predicted octanol–water partition coefficient (Wildman–Crippen LogP) is 2.76. The van der Waals surface area contributed by atoms with Gasteiger partial charge in [-0.3, -0.25) is 4.79 Å². The molecule has 1 aromatic heterocycles. The highest BCUT2D eigenvalue weighted by atomic mass is 19.4. The van der Waals surface area contributed by atoms with Gasteiger partial charge in [0.1, 0.15) is 5.75 Å². The lowest BCUT2D eigenvalue weighted by Gasteiger charge is -2.12. The minimum atomic E-state index is -5.25. The molecule has 0 aliphatic carbocycles. The molecule has 0 spiro atoms. The predicted molar refractivity (Wildman–Crippen MR) is 118 cm³/mol. The number of benzene rings is 2. The number of hydrogen-bond acceptors (Lipinski definition) is 7. The van der Waals surface area contributed by atoms with Crippen LogP contribution in [-0.4, -0.2) is 41.1 Å². The Morgan fingerprint density at radius 2 is 1.80 bits per heavy atom. The van der Waals surface area contributed by atoms with E-state index in [1.807, 2.05) is 0 Å². The van der Waals surface area contributed by atoms with Gasteiger partial charge in [-0.15, -0.1) is 5.10 Å². The van der Waals surface area contributed by atoms with Crippen LogP contribution in [0.1, 0.15) is 16.1 Å². The summed E-state index contributed by atoms with van der Waals surface area (Å²) < 4.78 is 42.4. The molecule has 1 heterocycles. The summed E-state index contributed by atoms with van der Waals surface area (Å²) in [6.07, 6.45) is -4.38. The number of para-hydroxylation sites is 2. The van der Waals surface area contributed by atoms with Crippen LogP contribution in [0.4, 0.5) is 35.0 Å². The number of urea groups is 1. The van der Waals surface area contributed by atoms with Crippen molar-refractivity contribution in [2.24, 2.45) is 5.73 Å². The van der Waals surface area contributed by atoms with Gasteiger partial charge in [-0.1, -0.05) is 29.1 Å². The van der Waals surface area contributed by atoms with E-state index in [2.05, 4.69) is 25.9 Å². The number of nitrogens with two attached hydrogens (primary N) is 1. The normalized spacial score (nSPS) is 10.9. The summed E-state index contributed by atoms with van der Waals surface area (Å²) in [6, 6.07) is 12.9. The molecule has 35 heavy (non-hydrogen) atoms. The van der Waals surface area contributed by atoms with E-state index in [0.29, 0.717) is 22.7 Å². The summed E-state index contributed by atoms with van der Waals surface area (Å²) in [5, 5.41) is 11.5. The molecular formula is C21H19F3N6O5. The van der Waals surface area contributed by atoms with Gasteiger partial charge in [-0.2, -0.15) is 13.2 Å². The van der Waals surface area contributed by atoms with Crippen LogP contribution in [0, 0.1) is 0 Å². The first-order chi connectivity index (χ1) is 16.6.